The van der Waals surface area contributed by atoms with Crippen molar-refractivity contribution in [1.82, 2.24) is 9.78 Å². The van der Waals surface area contributed by atoms with Gasteiger partial charge in [-0.3, -0.25) is 4.79 Å². The summed E-state index contributed by atoms with van der Waals surface area (Å²) in [5, 5.41) is 9.22. The van der Waals surface area contributed by atoms with Crippen LogP contribution in [0.2, 0.25) is 0 Å². The van der Waals surface area contributed by atoms with E-state index in [0.717, 1.165) is 15.9 Å². The van der Waals surface area contributed by atoms with Gasteiger partial charge in [0.05, 0.1) is 11.4 Å². The molecular formula is C15H12BrN3OS. The summed E-state index contributed by atoms with van der Waals surface area (Å²) in [5.74, 6) is 0.512. The fourth-order valence-electron chi connectivity index (χ4n) is 1.98. The maximum atomic E-state index is 12.3. The number of para-hydroxylation sites is 1. The van der Waals surface area contributed by atoms with Crippen LogP contribution >= 0.6 is 27.3 Å². The molecule has 106 valence electrons. The Hall–Kier alpha value is -1.92. The van der Waals surface area contributed by atoms with Gasteiger partial charge in [-0.1, -0.05) is 18.2 Å². The lowest BCUT2D eigenvalue weighted by Gasteiger charge is -2.08. The third-order valence-electron chi connectivity index (χ3n) is 2.90. The number of nitrogens with one attached hydrogen (secondary N) is 1. The highest BCUT2D eigenvalue weighted by atomic mass is 79.9. The number of halogens is 1. The number of hydrogen-bond donors (Lipinski definition) is 1. The van der Waals surface area contributed by atoms with E-state index in [0.29, 0.717) is 10.7 Å². The van der Waals surface area contributed by atoms with E-state index in [2.05, 4.69) is 26.3 Å². The summed E-state index contributed by atoms with van der Waals surface area (Å²) in [7, 11) is 0. The summed E-state index contributed by atoms with van der Waals surface area (Å²) in [4.78, 5) is 13.0. The number of amides is 1. The Bertz CT molecular complexity index is 779. The quantitative estimate of drug-likeness (QED) is 0.757. The molecule has 0 aliphatic carbocycles. The zero-order chi connectivity index (χ0) is 14.8. The highest BCUT2D eigenvalue weighted by Gasteiger charge is 2.15. The zero-order valence-electron chi connectivity index (χ0n) is 11.2. The molecule has 2 heterocycles. The van der Waals surface area contributed by atoms with Crippen LogP contribution in [-0.4, -0.2) is 15.7 Å². The Kier molecular flexibility index (Phi) is 3.90. The van der Waals surface area contributed by atoms with E-state index < -0.39 is 0 Å². The van der Waals surface area contributed by atoms with Gasteiger partial charge in [-0.05, 0) is 46.4 Å². The fourth-order valence-corrected chi connectivity index (χ4v) is 3.43. The Labute approximate surface area is 134 Å². The van der Waals surface area contributed by atoms with E-state index in [9.17, 15) is 4.79 Å². The van der Waals surface area contributed by atoms with Crippen molar-refractivity contribution in [2.75, 3.05) is 5.32 Å². The van der Waals surface area contributed by atoms with Crippen molar-refractivity contribution in [3.63, 3.8) is 0 Å². The molecule has 0 saturated carbocycles. The lowest BCUT2D eigenvalue weighted by molar-refractivity contribution is 0.102. The van der Waals surface area contributed by atoms with Gasteiger partial charge in [0.2, 0.25) is 0 Å². The summed E-state index contributed by atoms with van der Waals surface area (Å²) in [6.07, 6.45) is 0. The van der Waals surface area contributed by atoms with Crippen LogP contribution in [-0.2, 0) is 0 Å². The summed E-state index contributed by atoms with van der Waals surface area (Å²) < 4.78 is 2.53. The van der Waals surface area contributed by atoms with Crippen molar-refractivity contribution in [3.05, 3.63) is 62.9 Å². The number of rotatable bonds is 3. The second kappa shape index (κ2) is 5.83. The van der Waals surface area contributed by atoms with Gasteiger partial charge in [-0.25, -0.2) is 4.68 Å². The van der Waals surface area contributed by atoms with E-state index in [1.54, 1.807) is 4.68 Å². The van der Waals surface area contributed by atoms with Gasteiger partial charge in [0.1, 0.15) is 10.7 Å². The second-order valence-corrected chi connectivity index (χ2v) is 6.24. The number of aryl methyl sites for hydroxylation is 1. The van der Waals surface area contributed by atoms with Crippen molar-refractivity contribution in [1.29, 1.82) is 0 Å². The molecule has 2 aromatic heterocycles. The highest BCUT2D eigenvalue weighted by Crippen LogP contribution is 2.24. The van der Waals surface area contributed by atoms with E-state index >= 15 is 0 Å². The van der Waals surface area contributed by atoms with Crippen LogP contribution in [0.15, 0.2) is 52.3 Å². The van der Waals surface area contributed by atoms with Crippen LogP contribution < -0.4 is 5.32 Å². The van der Waals surface area contributed by atoms with Gasteiger partial charge < -0.3 is 5.32 Å². The molecule has 0 fully saturated rings. The number of anilines is 1. The largest absolute Gasteiger partial charge is 0.306 e. The highest BCUT2D eigenvalue weighted by molar-refractivity contribution is 9.10. The van der Waals surface area contributed by atoms with Crippen molar-refractivity contribution in [3.8, 4) is 5.69 Å². The van der Waals surface area contributed by atoms with Gasteiger partial charge in [-0.15, -0.1) is 11.3 Å². The number of hydrogen-bond acceptors (Lipinski definition) is 3. The lowest BCUT2D eigenvalue weighted by atomic mass is 10.3. The first-order valence-electron chi connectivity index (χ1n) is 6.31. The Morgan fingerprint density at radius 3 is 2.71 bits per heavy atom. The number of nitrogens with zero attached hydrogens (tertiary/aromatic N) is 2. The van der Waals surface area contributed by atoms with Gasteiger partial charge in [0.15, 0.2) is 0 Å². The van der Waals surface area contributed by atoms with E-state index in [1.807, 2.05) is 54.8 Å². The molecule has 0 aliphatic heterocycles. The fraction of sp³-hybridized carbons (Fsp3) is 0.0667. The third-order valence-corrected chi connectivity index (χ3v) is 4.73. The van der Waals surface area contributed by atoms with Crippen LogP contribution in [0.1, 0.15) is 15.4 Å². The summed E-state index contributed by atoms with van der Waals surface area (Å²) in [6, 6.07) is 13.4. The first kappa shape index (κ1) is 14.0. The summed E-state index contributed by atoms with van der Waals surface area (Å²) in [5.41, 5.74) is 1.76. The van der Waals surface area contributed by atoms with Gasteiger partial charge in [0.25, 0.3) is 5.91 Å². The van der Waals surface area contributed by atoms with E-state index in [4.69, 9.17) is 0 Å². The van der Waals surface area contributed by atoms with Crippen LogP contribution in [0.3, 0.4) is 0 Å². The molecule has 0 spiro atoms. The molecule has 0 atom stereocenters. The topological polar surface area (TPSA) is 46.9 Å². The minimum atomic E-state index is -0.144. The molecule has 6 heteroatoms. The number of thiophene rings is 1. The minimum absolute atomic E-state index is 0.144. The Balaban J connectivity index is 1.93. The summed E-state index contributed by atoms with van der Waals surface area (Å²) >= 11 is 4.77. The van der Waals surface area contributed by atoms with Gasteiger partial charge in [0, 0.05) is 10.5 Å². The molecule has 0 saturated heterocycles. The van der Waals surface area contributed by atoms with Crippen molar-refractivity contribution >= 4 is 39.0 Å². The van der Waals surface area contributed by atoms with Crippen LogP contribution in [0.4, 0.5) is 5.82 Å². The molecule has 0 radical (unpaired) electrons. The third kappa shape index (κ3) is 2.91. The van der Waals surface area contributed by atoms with E-state index in [-0.39, 0.29) is 5.91 Å². The monoisotopic (exact) mass is 361 g/mol. The first-order valence-corrected chi connectivity index (χ1v) is 7.99. The number of carbonyl (C=O) groups excluding carboxylic acids is 1. The van der Waals surface area contributed by atoms with Crippen molar-refractivity contribution < 1.29 is 4.79 Å². The van der Waals surface area contributed by atoms with Crippen LogP contribution in [0.25, 0.3) is 5.69 Å². The standard InChI is InChI=1S/C15H12BrN3OS/c1-10-9-13(17-15(20)14-12(16)7-8-21-14)19(18-10)11-5-3-2-4-6-11/h2-9H,1H3,(H,17,20). The van der Waals surface area contributed by atoms with Crippen LogP contribution in [0, 0.1) is 6.92 Å². The lowest BCUT2D eigenvalue weighted by Crippen LogP contribution is -2.14. The smallest absolute Gasteiger partial charge is 0.268 e. The molecule has 1 aromatic carbocycles. The molecule has 0 aliphatic rings. The first-order chi connectivity index (χ1) is 10.1. The Morgan fingerprint density at radius 1 is 1.29 bits per heavy atom. The van der Waals surface area contributed by atoms with Gasteiger partial charge >= 0.3 is 0 Å². The maximum absolute atomic E-state index is 12.3. The number of carbonyl (C=O) groups is 1. The Morgan fingerprint density at radius 2 is 2.05 bits per heavy atom. The molecule has 3 rings (SSSR count). The van der Waals surface area contributed by atoms with E-state index in [1.165, 1.54) is 11.3 Å². The number of aromatic nitrogens is 2. The normalized spacial score (nSPS) is 10.6. The molecule has 4 nitrogen and oxygen atoms in total. The molecule has 1 amide bonds. The predicted octanol–water partition coefficient (Wildman–Crippen LogP) is 4.26. The van der Waals surface area contributed by atoms with Gasteiger partial charge in [-0.2, -0.15) is 5.10 Å². The molecule has 0 bridgehead atoms. The zero-order valence-corrected chi connectivity index (χ0v) is 13.6. The second-order valence-electron chi connectivity index (χ2n) is 4.47. The molecule has 3 aromatic rings. The SMILES string of the molecule is Cc1cc(NC(=O)c2sccc2Br)n(-c2ccccc2)n1. The minimum Gasteiger partial charge on any atom is -0.306 e. The number of benzene rings is 1. The average Bonchev–Trinajstić information content (AvgIpc) is 3.06. The van der Waals surface area contributed by atoms with Crippen LogP contribution in [0.5, 0.6) is 0 Å². The molecular weight excluding hydrogens is 350 g/mol. The molecule has 1 N–H and O–H groups in total. The molecule has 21 heavy (non-hydrogen) atoms. The average molecular weight is 362 g/mol. The van der Waals surface area contributed by atoms with Crippen molar-refractivity contribution in [2.45, 2.75) is 6.92 Å². The molecule has 0 unspecified atom stereocenters. The summed E-state index contributed by atoms with van der Waals surface area (Å²) in [6.45, 7) is 1.90. The van der Waals surface area contributed by atoms with Crippen molar-refractivity contribution in [2.24, 2.45) is 0 Å². The predicted molar refractivity (Wildman–Crippen MR) is 88.3 cm³/mol. The maximum Gasteiger partial charge on any atom is 0.268 e.